The molecule has 0 atom stereocenters. The van der Waals surface area contributed by atoms with E-state index in [0.717, 1.165) is 6.29 Å². The normalized spacial score (nSPS) is 10.2. The molecule has 0 spiro atoms. The van der Waals surface area contributed by atoms with E-state index in [4.69, 9.17) is 4.74 Å². The van der Waals surface area contributed by atoms with Crippen molar-refractivity contribution in [2.24, 2.45) is 0 Å². The Morgan fingerprint density at radius 1 is 1.22 bits per heavy atom. The molecule has 92 valence electrons. The standard InChI is InChI=1S/C14H10BrFO2/c1-9-6-11(16)3-5-14(9)18-12-4-2-10(8-17)13(15)7-12/h2-8H,1H3. The van der Waals surface area contributed by atoms with E-state index >= 15 is 0 Å². The Morgan fingerprint density at radius 2 is 2.00 bits per heavy atom. The summed E-state index contributed by atoms with van der Waals surface area (Å²) in [5.41, 5.74) is 1.27. The highest BCUT2D eigenvalue weighted by Gasteiger charge is 2.05. The lowest BCUT2D eigenvalue weighted by atomic mass is 10.2. The largest absolute Gasteiger partial charge is 0.457 e. The molecule has 0 unspecified atom stereocenters. The van der Waals surface area contributed by atoms with Gasteiger partial charge in [-0.1, -0.05) is 0 Å². The molecule has 0 fully saturated rings. The number of carbonyl (C=O) groups is 1. The van der Waals surface area contributed by atoms with E-state index in [2.05, 4.69) is 15.9 Å². The lowest BCUT2D eigenvalue weighted by Gasteiger charge is -2.09. The lowest BCUT2D eigenvalue weighted by Crippen LogP contribution is -1.90. The molecule has 0 radical (unpaired) electrons. The van der Waals surface area contributed by atoms with Crippen LogP contribution in [0.5, 0.6) is 11.5 Å². The van der Waals surface area contributed by atoms with Gasteiger partial charge in [0.25, 0.3) is 0 Å². The Kier molecular flexibility index (Phi) is 3.77. The SMILES string of the molecule is Cc1cc(F)ccc1Oc1ccc(C=O)c(Br)c1. The number of ether oxygens (including phenoxy) is 1. The first-order chi connectivity index (χ1) is 8.60. The third-order valence-electron chi connectivity index (χ3n) is 2.46. The van der Waals surface area contributed by atoms with Crippen LogP contribution in [0.3, 0.4) is 0 Å². The number of hydrogen-bond donors (Lipinski definition) is 0. The first kappa shape index (κ1) is 12.8. The van der Waals surface area contributed by atoms with Gasteiger partial charge >= 0.3 is 0 Å². The van der Waals surface area contributed by atoms with Crippen molar-refractivity contribution in [3.8, 4) is 11.5 Å². The van der Waals surface area contributed by atoms with Gasteiger partial charge in [-0.2, -0.15) is 0 Å². The van der Waals surface area contributed by atoms with Crippen LogP contribution in [0.4, 0.5) is 4.39 Å². The summed E-state index contributed by atoms with van der Waals surface area (Å²) in [6.45, 7) is 1.77. The summed E-state index contributed by atoms with van der Waals surface area (Å²) in [6, 6.07) is 9.38. The first-order valence-electron chi connectivity index (χ1n) is 5.29. The third kappa shape index (κ3) is 2.76. The van der Waals surface area contributed by atoms with Crippen molar-refractivity contribution < 1.29 is 13.9 Å². The van der Waals surface area contributed by atoms with Crippen molar-refractivity contribution in [3.63, 3.8) is 0 Å². The Labute approximate surface area is 113 Å². The Balaban J connectivity index is 2.28. The Bertz CT molecular complexity index is 596. The molecule has 0 saturated carbocycles. The van der Waals surface area contributed by atoms with Crippen LogP contribution in [0.15, 0.2) is 40.9 Å². The van der Waals surface area contributed by atoms with Crippen LogP contribution in [-0.2, 0) is 0 Å². The monoisotopic (exact) mass is 308 g/mol. The van der Waals surface area contributed by atoms with Crippen molar-refractivity contribution in [2.75, 3.05) is 0 Å². The van der Waals surface area contributed by atoms with Crippen molar-refractivity contribution >= 4 is 22.2 Å². The second-order valence-electron chi connectivity index (χ2n) is 3.81. The Hall–Kier alpha value is -1.68. The highest BCUT2D eigenvalue weighted by atomic mass is 79.9. The smallest absolute Gasteiger partial charge is 0.151 e. The van der Waals surface area contributed by atoms with Crippen LogP contribution < -0.4 is 4.74 Å². The van der Waals surface area contributed by atoms with Gasteiger partial charge in [0.2, 0.25) is 0 Å². The minimum atomic E-state index is -0.294. The predicted octanol–water partition coefficient (Wildman–Crippen LogP) is 4.50. The number of aryl methyl sites for hydroxylation is 1. The quantitative estimate of drug-likeness (QED) is 0.780. The molecule has 0 aliphatic rings. The molecule has 2 rings (SSSR count). The fourth-order valence-electron chi connectivity index (χ4n) is 1.52. The van der Waals surface area contributed by atoms with Crippen molar-refractivity contribution in [3.05, 3.63) is 57.8 Å². The fourth-order valence-corrected chi connectivity index (χ4v) is 1.97. The van der Waals surface area contributed by atoms with Gasteiger partial charge in [0.15, 0.2) is 6.29 Å². The zero-order valence-electron chi connectivity index (χ0n) is 9.61. The number of rotatable bonds is 3. The molecule has 0 bridgehead atoms. The number of halogens is 2. The molecule has 0 aromatic heterocycles. The minimum Gasteiger partial charge on any atom is -0.457 e. The fraction of sp³-hybridized carbons (Fsp3) is 0.0714. The molecule has 2 aromatic rings. The van der Waals surface area contributed by atoms with Crippen LogP contribution in [0, 0.1) is 12.7 Å². The van der Waals surface area contributed by atoms with E-state index in [-0.39, 0.29) is 5.82 Å². The van der Waals surface area contributed by atoms with Crippen LogP contribution >= 0.6 is 15.9 Å². The zero-order valence-corrected chi connectivity index (χ0v) is 11.2. The number of hydrogen-bond acceptors (Lipinski definition) is 2. The summed E-state index contributed by atoms with van der Waals surface area (Å²) in [4.78, 5) is 10.7. The van der Waals surface area contributed by atoms with Gasteiger partial charge in [-0.25, -0.2) is 4.39 Å². The molecule has 0 N–H and O–H groups in total. The molecule has 0 saturated heterocycles. The summed E-state index contributed by atoms with van der Waals surface area (Å²) in [5.74, 6) is 0.877. The summed E-state index contributed by atoms with van der Waals surface area (Å²) in [7, 11) is 0. The van der Waals surface area contributed by atoms with Gasteiger partial charge in [0.1, 0.15) is 17.3 Å². The van der Waals surface area contributed by atoms with E-state index in [0.29, 0.717) is 27.1 Å². The second-order valence-corrected chi connectivity index (χ2v) is 4.67. The average molecular weight is 309 g/mol. The molecular weight excluding hydrogens is 299 g/mol. The van der Waals surface area contributed by atoms with Gasteiger partial charge in [-0.3, -0.25) is 4.79 Å². The minimum absolute atomic E-state index is 0.294. The van der Waals surface area contributed by atoms with E-state index in [1.54, 1.807) is 31.2 Å². The number of benzene rings is 2. The molecule has 4 heteroatoms. The maximum absolute atomic E-state index is 12.9. The van der Waals surface area contributed by atoms with Crippen LogP contribution in [-0.4, -0.2) is 6.29 Å². The van der Waals surface area contributed by atoms with E-state index in [1.807, 2.05) is 0 Å². The molecule has 2 aromatic carbocycles. The highest BCUT2D eigenvalue weighted by Crippen LogP contribution is 2.28. The molecule has 2 nitrogen and oxygen atoms in total. The number of carbonyl (C=O) groups excluding carboxylic acids is 1. The van der Waals surface area contributed by atoms with Gasteiger partial charge < -0.3 is 4.74 Å². The summed E-state index contributed by atoms with van der Waals surface area (Å²) in [5, 5.41) is 0. The molecule has 0 aliphatic heterocycles. The predicted molar refractivity (Wildman–Crippen MR) is 70.7 cm³/mol. The van der Waals surface area contributed by atoms with Crippen molar-refractivity contribution in [1.29, 1.82) is 0 Å². The summed E-state index contributed by atoms with van der Waals surface area (Å²) in [6.07, 6.45) is 0.761. The first-order valence-corrected chi connectivity index (χ1v) is 6.08. The zero-order chi connectivity index (χ0) is 13.1. The third-order valence-corrected chi connectivity index (χ3v) is 3.15. The van der Waals surface area contributed by atoms with Gasteiger partial charge in [-0.15, -0.1) is 0 Å². The maximum atomic E-state index is 12.9. The van der Waals surface area contributed by atoms with E-state index in [1.165, 1.54) is 12.1 Å². The van der Waals surface area contributed by atoms with Gasteiger partial charge in [0.05, 0.1) is 0 Å². The molecule has 0 amide bonds. The number of aldehydes is 1. The molecule has 0 aliphatic carbocycles. The Morgan fingerprint density at radius 3 is 2.61 bits per heavy atom. The van der Waals surface area contributed by atoms with Crippen LogP contribution in [0.1, 0.15) is 15.9 Å². The van der Waals surface area contributed by atoms with Crippen molar-refractivity contribution in [2.45, 2.75) is 6.92 Å². The molecule has 18 heavy (non-hydrogen) atoms. The van der Waals surface area contributed by atoms with Crippen LogP contribution in [0.25, 0.3) is 0 Å². The summed E-state index contributed by atoms with van der Waals surface area (Å²) >= 11 is 3.28. The van der Waals surface area contributed by atoms with Crippen LogP contribution in [0.2, 0.25) is 0 Å². The van der Waals surface area contributed by atoms with Gasteiger partial charge in [-0.05, 0) is 64.8 Å². The summed E-state index contributed by atoms with van der Waals surface area (Å²) < 4.78 is 19.2. The van der Waals surface area contributed by atoms with E-state index in [9.17, 15) is 9.18 Å². The lowest BCUT2D eigenvalue weighted by molar-refractivity contribution is 0.112. The molecular formula is C14H10BrFO2. The second kappa shape index (κ2) is 5.31. The topological polar surface area (TPSA) is 26.3 Å². The van der Waals surface area contributed by atoms with E-state index < -0.39 is 0 Å². The molecule has 0 heterocycles. The van der Waals surface area contributed by atoms with Crippen molar-refractivity contribution in [1.82, 2.24) is 0 Å². The average Bonchev–Trinajstić information content (AvgIpc) is 2.33. The van der Waals surface area contributed by atoms with Gasteiger partial charge in [0, 0.05) is 10.0 Å². The maximum Gasteiger partial charge on any atom is 0.151 e. The highest BCUT2D eigenvalue weighted by molar-refractivity contribution is 9.10.